The second-order valence-corrected chi connectivity index (χ2v) is 5.07. The largest absolute Gasteiger partial charge is 0.493 e. The summed E-state index contributed by atoms with van der Waals surface area (Å²) in [5, 5.41) is 7.01. The fourth-order valence-corrected chi connectivity index (χ4v) is 2.33. The van der Waals surface area contributed by atoms with Gasteiger partial charge in [0.15, 0.2) is 11.6 Å². The molecular weight excluding hydrogens is 254 g/mol. The van der Waals surface area contributed by atoms with Crippen LogP contribution in [0.5, 0.6) is 5.75 Å². The molecule has 0 bridgehead atoms. The van der Waals surface area contributed by atoms with Crippen LogP contribution in [0.25, 0.3) is 0 Å². The van der Waals surface area contributed by atoms with E-state index >= 15 is 0 Å². The zero-order chi connectivity index (χ0) is 14.4. The van der Waals surface area contributed by atoms with Gasteiger partial charge >= 0.3 is 0 Å². The maximum absolute atomic E-state index is 11.2. The minimum absolute atomic E-state index is 0.145. The number of nitrogens with zero attached hydrogens (tertiary/aromatic N) is 1. The highest BCUT2D eigenvalue weighted by atomic mass is 16.5. The van der Waals surface area contributed by atoms with Crippen molar-refractivity contribution in [2.45, 2.75) is 25.8 Å². The Labute approximate surface area is 119 Å². The maximum Gasteiger partial charge on any atom is 0.200 e. The number of nitrogens with two attached hydrogens (primary N) is 1. The molecule has 0 spiro atoms. The van der Waals surface area contributed by atoms with E-state index in [1.165, 1.54) is 18.4 Å². The molecule has 0 aromatic heterocycles. The van der Waals surface area contributed by atoms with Crippen molar-refractivity contribution in [1.29, 1.82) is 5.41 Å². The van der Waals surface area contributed by atoms with Crippen molar-refractivity contribution < 1.29 is 9.53 Å². The van der Waals surface area contributed by atoms with Crippen LogP contribution < -0.4 is 10.5 Å². The lowest BCUT2D eigenvalue weighted by Gasteiger charge is -2.15. The first-order valence-corrected chi connectivity index (χ1v) is 6.96. The van der Waals surface area contributed by atoms with E-state index in [0.717, 1.165) is 25.4 Å². The summed E-state index contributed by atoms with van der Waals surface area (Å²) in [5.41, 5.74) is 6.33. The first-order chi connectivity index (χ1) is 9.65. The minimum atomic E-state index is -0.406. The fraction of sp³-hybridized carbons (Fsp3) is 0.467. The second kappa shape index (κ2) is 7.05. The van der Waals surface area contributed by atoms with Crippen LogP contribution in [0, 0.1) is 5.41 Å². The van der Waals surface area contributed by atoms with Gasteiger partial charge in [-0.3, -0.25) is 15.1 Å². The number of hydrogen-bond donors (Lipinski definition) is 2. The third kappa shape index (κ3) is 4.35. The van der Waals surface area contributed by atoms with Crippen LogP contribution in [0.3, 0.4) is 0 Å². The van der Waals surface area contributed by atoms with E-state index in [2.05, 4.69) is 11.0 Å². The third-order valence-corrected chi connectivity index (χ3v) is 3.40. The van der Waals surface area contributed by atoms with Gasteiger partial charge in [-0.15, -0.1) is 0 Å². The van der Waals surface area contributed by atoms with Crippen molar-refractivity contribution in [3.05, 3.63) is 29.8 Å². The number of nitrogens with one attached hydrogen (secondary N) is 1. The summed E-state index contributed by atoms with van der Waals surface area (Å²) >= 11 is 0. The summed E-state index contributed by atoms with van der Waals surface area (Å²) in [6.45, 7) is 3.53. The Morgan fingerprint density at radius 1 is 1.35 bits per heavy atom. The van der Waals surface area contributed by atoms with Crippen molar-refractivity contribution in [2.24, 2.45) is 5.73 Å². The van der Waals surface area contributed by atoms with Gasteiger partial charge < -0.3 is 10.5 Å². The third-order valence-electron chi connectivity index (χ3n) is 3.40. The number of ketones is 1. The van der Waals surface area contributed by atoms with Crippen molar-refractivity contribution in [3.8, 4) is 5.75 Å². The van der Waals surface area contributed by atoms with Crippen LogP contribution in [-0.2, 0) is 11.3 Å². The molecule has 0 unspecified atom stereocenters. The molecule has 0 atom stereocenters. The number of benzene rings is 1. The summed E-state index contributed by atoms with van der Waals surface area (Å²) in [6.07, 6.45) is 2.71. The van der Waals surface area contributed by atoms with Crippen LogP contribution in [0.2, 0.25) is 0 Å². The first kappa shape index (κ1) is 14.5. The average Bonchev–Trinajstić information content (AvgIpc) is 2.92. The number of carbonyl (C=O) groups excluding carboxylic acids is 1. The van der Waals surface area contributed by atoms with E-state index < -0.39 is 5.84 Å². The Morgan fingerprint density at radius 2 is 2.10 bits per heavy atom. The summed E-state index contributed by atoms with van der Waals surface area (Å²) in [4.78, 5) is 13.6. The summed E-state index contributed by atoms with van der Waals surface area (Å²) in [6, 6.07) is 7.95. The van der Waals surface area contributed by atoms with E-state index in [4.69, 9.17) is 15.9 Å². The van der Waals surface area contributed by atoms with Gasteiger partial charge in [0.1, 0.15) is 5.75 Å². The van der Waals surface area contributed by atoms with Crippen LogP contribution in [0.4, 0.5) is 0 Å². The molecule has 1 aromatic rings. The van der Waals surface area contributed by atoms with Gasteiger partial charge in [0, 0.05) is 13.0 Å². The van der Waals surface area contributed by atoms with E-state index in [1.807, 2.05) is 18.2 Å². The van der Waals surface area contributed by atoms with Gasteiger partial charge in [-0.05, 0) is 43.6 Å². The number of rotatable bonds is 7. The number of Topliss-reactive ketones (excluding diaryl/α,β-unsaturated/α-hetero) is 1. The van der Waals surface area contributed by atoms with Crippen LogP contribution in [0.15, 0.2) is 24.3 Å². The molecule has 1 fully saturated rings. The Balaban J connectivity index is 1.82. The molecule has 1 aromatic carbocycles. The van der Waals surface area contributed by atoms with Crippen molar-refractivity contribution >= 4 is 11.6 Å². The van der Waals surface area contributed by atoms with Crippen molar-refractivity contribution in [2.75, 3.05) is 19.7 Å². The van der Waals surface area contributed by atoms with Crippen LogP contribution >= 0.6 is 0 Å². The standard InChI is InChI=1S/C15H21N3O2/c16-15(17)14(19)6-9-20-13-5-3-4-12(10-13)11-18-7-1-2-8-18/h3-5,10H,1-2,6-9,11H2,(H3,16,17). The predicted octanol–water partition coefficient (Wildman–Crippen LogP) is 1.56. The van der Waals surface area contributed by atoms with Gasteiger partial charge in [0.25, 0.3) is 0 Å². The summed E-state index contributed by atoms with van der Waals surface area (Å²) < 4.78 is 5.54. The topological polar surface area (TPSA) is 79.4 Å². The van der Waals surface area contributed by atoms with Crippen molar-refractivity contribution in [3.63, 3.8) is 0 Å². The predicted molar refractivity (Wildman–Crippen MR) is 78.0 cm³/mol. The molecule has 1 saturated heterocycles. The monoisotopic (exact) mass is 275 g/mol. The zero-order valence-electron chi connectivity index (χ0n) is 11.6. The number of amidine groups is 1. The number of carbonyl (C=O) groups is 1. The highest BCUT2D eigenvalue weighted by molar-refractivity contribution is 6.36. The Bertz CT molecular complexity index is 482. The quantitative estimate of drug-likeness (QED) is 0.584. The molecule has 0 amide bonds. The fourth-order valence-electron chi connectivity index (χ4n) is 2.33. The summed E-state index contributed by atoms with van der Waals surface area (Å²) in [7, 11) is 0. The Morgan fingerprint density at radius 3 is 2.80 bits per heavy atom. The minimum Gasteiger partial charge on any atom is -0.493 e. The lowest BCUT2D eigenvalue weighted by atomic mass is 10.2. The maximum atomic E-state index is 11.2. The molecule has 5 nitrogen and oxygen atoms in total. The molecule has 1 aliphatic heterocycles. The first-order valence-electron chi connectivity index (χ1n) is 6.96. The summed E-state index contributed by atoms with van der Waals surface area (Å²) in [5.74, 6) is -0.0207. The highest BCUT2D eigenvalue weighted by Gasteiger charge is 2.12. The smallest absolute Gasteiger partial charge is 0.200 e. The molecule has 0 radical (unpaired) electrons. The molecule has 3 N–H and O–H groups in total. The van der Waals surface area contributed by atoms with Gasteiger partial charge in [-0.2, -0.15) is 0 Å². The molecule has 5 heteroatoms. The molecule has 1 aliphatic rings. The van der Waals surface area contributed by atoms with Crippen LogP contribution in [-0.4, -0.2) is 36.2 Å². The highest BCUT2D eigenvalue weighted by Crippen LogP contribution is 2.17. The SMILES string of the molecule is N=C(N)C(=O)CCOc1cccc(CN2CCCC2)c1. The number of ether oxygens (including phenoxy) is 1. The van der Waals surface area contributed by atoms with Gasteiger partial charge in [-0.25, -0.2) is 0 Å². The average molecular weight is 275 g/mol. The van der Waals surface area contributed by atoms with E-state index in [9.17, 15) is 4.79 Å². The molecule has 108 valence electrons. The molecule has 0 saturated carbocycles. The lowest BCUT2D eigenvalue weighted by Crippen LogP contribution is -2.23. The molecular formula is C15H21N3O2. The van der Waals surface area contributed by atoms with E-state index in [0.29, 0.717) is 0 Å². The second-order valence-electron chi connectivity index (χ2n) is 5.07. The van der Waals surface area contributed by atoms with E-state index in [1.54, 1.807) is 0 Å². The number of hydrogen-bond acceptors (Lipinski definition) is 4. The molecule has 1 heterocycles. The number of likely N-dealkylation sites (tertiary alicyclic amines) is 1. The van der Waals surface area contributed by atoms with Gasteiger partial charge in [0.2, 0.25) is 0 Å². The van der Waals surface area contributed by atoms with E-state index in [-0.39, 0.29) is 18.8 Å². The lowest BCUT2D eigenvalue weighted by molar-refractivity contribution is -0.113. The van der Waals surface area contributed by atoms with Crippen molar-refractivity contribution in [1.82, 2.24) is 4.90 Å². The molecule has 20 heavy (non-hydrogen) atoms. The van der Waals surface area contributed by atoms with Gasteiger partial charge in [-0.1, -0.05) is 12.1 Å². The Kier molecular flexibility index (Phi) is 5.12. The van der Waals surface area contributed by atoms with Crippen LogP contribution in [0.1, 0.15) is 24.8 Å². The Hall–Kier alpha value is -1.88. The zero-order valence-corrected chi connectivity index (χ0v) is 11.6. The normalized spacial score (nSPS) is 15.2. The molecule has 0 aliphatic carbocycles. The molecule has 2 rings (SSSR count). The van der Waals surface area contributed by atoms with Gasteiger partial charge in [0.05, 0.1) is 6.61 Å².